The normalized spacial score (nSPS) is 11.0. The van der Waals surface area contributed by atoms with Crippen LogP contribution in [0.5, 0.6) is 0 Å². The van der Waals surface area contributed by atoms with E-state index in [1.165, 1.54) is 6.33 Å². The second-order valence-corrected chi connectivity index (χ2v) is 4.94. The van der Waals surface area contributed by atoms with Gasteiger partial charge < -0.3 is 5.32 Å². The third-order valence-electron chi connectivity index (χ3n) is 3.43. The van der Waals surface area contributed by atoms with Crippen LogP contribution in [-0.2, 0) is 13.6 Å². The molecular formula is C14H13N9. The predicted molar refractivity (Wildman–Crippen MR) is 82.8 cm³/mol. The van der Waals surface area contributed by atoms with E-state index in [0.717, 1.165) is 28.2 Å². The summed E-state index contributed by atoms with van der Waals surface area (Å²) < 4.78 is 3.42. The number of aryl methyl sites for hydroxylation is 1. The molecule has 0 spiro atoms. The minimum atomic E-state index is 0.506. The molecule has 0 atom stereocenters. The summed E-state index contributed by atoms with van der Waals surface area (Å²) in [4.78, 5) is 12.5. The van der Waals surface area contributed by atoms with Crippen molar-refractivity contribution in [2.24, 2.45) is 7.05 Å². The van der Waals surface area contributed by atoms with Crippen molar-refractivity contribution in [3.05, 3.63) is 48.9 Å². The van der Waals surface area contributed by atoms with Gasteiger partial charge in [0.2, 0.25) is 0 Å². The van der Waals surface area contributed by atoms with E-state index in [1.807, 2.05) is 25.4 Å². The summed E-state index contributed by atoms with van der Waals surface area (Å²) in [5.41, 5.74) is 2.50. The Morgan fingerprint density at radius 1 is 1.17 bits per heavy atom. The Kier molecular flexibility index (Phi) is 3.15. The summed E-state index contributed by atoms with van der Waals surface area (Å²) >= 11 is 0. The average Bonchev–Trinajstić information content (AvgIpc) is 3.22. The fourth-order valence-electron chi connectivity index (χ4n) is 2.28. The number of hydrogen-bond acceptors (Lipinski definition) is 7. The molecule has 0 aliphatic rings. The Morgan fingerprint density at radius 2 is 2.04 bits per heavy atom. The molecule has 9 heteroatoms. The van der Waals surface area contributed by atoms with Crippen LogP contribution < -0.4 is 5.32 Å². The van der Waals surface area contributed by atoms with Gasteiger partial charge in [0.25, 0.3) is 0 Å². The maximum atomic E-state index is 4.26. The lowest BCUT2D eigenvalue weighted by Gasteiger charge is -2.03. The Hall–Kier alpha value is -3.36. The molecule has 0 bridgehead atoms. The van der Waals surface area contributed by atoms with Gasteiger partial charge in [0, 0.05) is 19.4 Å². The van der Waals surface area contributed by atoms with Crippen molar-refractivity contribution < 1.29 is 0 Å². The number of nitrogens with zero attached hydrogens (tertiary/aromatic N) is 8. The molecule has 4 heterocycles. The summed E-state index contributed by atoms with van der Waals surface area (Å²) in [6.07, 6.45) is 8.56. The highest BCUT2D eigenvalue weighted by Crippen LogP contribution is 2.18. The first-order valence-electron chi connectivity index (χ1n) is 6.99. The van der Waals surface area contributed by atoms with Crippen LogP contribution in [-0.4, -0.2) is 39.7 Å². The largest absolute Gasteiger partial charge is 0.364 e. The van der Waals surface area contributed by atoms with Crippen LogP contribution in [0.1, 0.15) is 5.69 Å². The van der Waals surface area contributed by atoms with Gasteiger partial charge in [-0.3, -0.25) is 9.67 Å². The Labute approximate surface area is 131 Å². The van der Waals surface area contributed by atoms with Crippen LogP contribution in [0.15, 0.2) is 43.2 Å². The second kappa shape index (κ2) is 5.44. The van der Waals surface area contributed by atoms with Gasteiger partial charge in [0.15, 0.2) is 5.65 Å². The molecule has 9 nitrogen and oxygen atoms in total. The molecule has 4 rings (SSSR count). The summed E-state index contributed by atoms with van der Waals surface area (Å²) in [7, 11) is 1.85. The van der Waals surface area contributed by atoms with E-state index in [4.69, 9.17) is 0 Å². The topological polar surface area (TPSA) is 99.2 Å². The monoisotopic (exact) mass is 307 g/mol. The fourth-order valence-corrected chi connectivity index (χ4v) is 2.28. The maximum absolute atomic E-state index is 4.26. The minimum Gasteiger partial charge on any atom is -0.364 e. The quantitative estimate of drug-likeness (QED) is 0.599. The molecule has 114 valence electrons. The summed E-state index contributed by atoms with van der Waals surface area (Å²) in [5, 5.41) is 16.6. The first-order chi connectivity index (χ1) is 11.3. The zero-order valence-corrected chi connectivity index (χ0v) is 12.3. The zero-order valence-electron chi connectivity index (χ0n) is 12.3. The van der Waals surface area contributed by atoms with Crippen molar-refractivity contribution in [1.29, 1.82) is 0 Å². The number of fused-ring (bicyclic) bond motifs is 1. The van der Waals surface area contributed by atoms with E-state index in [1.54, 1.807) is 28.0 Å². The zero-order chi connectivity index (χ0) is 15.6. The van der Waals surface area contributed by atoms with Crippen molar-refractivity contribution in [3.63, 3.8) is 0 Å². The highest BCUT2D eigenvalue weighted by molar-refractivity contribution is 5.85. The first-order valence-corrected chi connectivity index (χ1v) is 6.99. The molecular weight excluding hydrogens is 294 g/mol. The Balaban J connectivity index is 1.54. The van der Waals surface area contributed by atoms with Gasteiger partial charge in [-0.25, -0.2) is 14.6 Å². The van der Waals surface area contributed by atoms with Gasteiger partial charge in [0.1, 0.15) is 17.8 Å². The van der Waals surface area contributed by atoms with E-state index in [9.17, 15) is 0 Å². The molecule has 23 heavy (non-hydrogen) atoms. The van der Waals surface area contributed by atoms with Gasteiger partial charge in [-0.05, 0) is 12.1 Å². The number of anilines is 1. The van der Waals surface area contributed by atoms with Crippen molar-refractivity contribution in [2.45, 2.75) is 6.54 Å². The van der Waals surface area contributed by atoms with Gasteiger partial charge >= 0.3 is 0 Å². The highest BCUT2D eigenvalue weighted by atomic mass is 15.4. The van der Waals surface area contributed by atoms with Crippen LogP contribution in [0.4, 0.5) is 5.82 Å². The van der Waals surface area contributed by atoms with Crippen molar-refractivity contribution in [1.82, 2.24) is 39.7 Å². The standard InChI is InChI=1S/C14H13N9/c1-22-14-12(7-19-22)13(17-9-18-14)16-6-10-8-23(21-20-10)11-2-4-15-5-3-11/h2-5,7-9H,6H2,1H3,(H,16,17,18). The molecule has 0 saturated carbocycles. The summed E-state index contributed by atoms with van der Waals surface area (Å²) in [6.45, 7) is 0.506. The molecule has 4 aromatic rings. The number of hydrogen-bond donors (Lipinski definition) is 1. The smallest absolute Gasteiger partial charge is 0.163 e. The average molecular weight is 307 g/mol. The molecule has 0 radical (unpaired) electrons. The third kappa shape index (κ3) is 2.48. The molecule has 0 aromatic carbocycles. The molecule has 0 saturated heterocycles. The molecule has 0 aliphatic carbocycles. The number of aromatic nitrogens is 8. The fraction of sp³-hybridized carbons (Fsp3) is 0.143. The van der Waals surface area contributed by atoms with Crippen molar-refractivity contribution in [2.75, 3.05) is 5.32 Å². The number of rotatable bonds is 4. The molecule has 0 aliphatic heterocycles. The van der Waals surface area contributed by atoms with Gasteiger partial charge in [-0.2, -0.15) is 5.10 Å². The van der Waals surface area contributed by atoms with Crippen LogP contribution in [0.3, 0.4) is 0 Å². The SMILES string of the molecule is Cn1ncc2c(NCc3cn(-c4ccncc4)nn3)ncnc21. The molecule has 0 amide bonds. The minimum absolute atomic E-state index is 0.506. The molecule has 1 N–H and O–H groups in total. The van der Waals surface area contributed by atoms with E-state index in [0.29, 0.717) is 6.54 Å². The Bertz CT molecular complexity index is 941. The van der Waals surface area contributed by atoms with Crippen LogP contribution in [0, 0.1) is 0 Å². The summed E-state index contributed by atoms with van der Waals surface area (Å²) in [5.74, 6) is 0.724. The van der Waals surface area contributed by atoms with Gasteiger partial charge in [0.05, 0.1) is 30.0 Å². The van der Waals surface area contributed by atoms with Crippen LogP contribution in [0.25, 0.3) is 16.7 Å². The Morgan fingerprint density at radius 3 is 2.91 bits per heavy atom. The predicted octanol–water partition coefficient (Wildman–Crippen LogP) is 0.951. The first kappa shape index (κ1) is 13.3. The molecule has 0 fully saturated rings. The van der Waals surface area contributed by atoms with Crippen molar-refractivity contribution >= 4 is 16.9 Å². The van der Waals surface area contributed by atoms with Gasteiger partial charge in [-0.1, -0.05) is 5.21 Å². The van der Waals surface area contributed by atoms with E-state index in [2.05, 4.69) is 35.7 Å². The van der Waals surface area contributed by atoms with Gasteiger partial charge in [-0.15, -0.1) is 5.10 Å². The van der Waals surface area contributed by atoms with Crippen LogP contribution in [0.2, 0.25) is 0 Å². The maximum Gasteiger partial charge on any atom is 0.163 e. The van der Waals surface area contributed by atoms with Crippen LogP contribution >= 0.6 is 0 Å². The van der Waals surface area contributed by atoms with Crippen molar-refractivity contribution in [3.8, 4) is 5.69 Å². The number of pyridine rings is 1. The highest BCUT2D eigenvalue weighted by Gasteiger charge is 2.08. The van der Waals surface area contributed by atoms with E-state index in [-0.39, 0.29) is 0 Å². The summed E-state index contributed by atoms with van der Waals surface area (Å²) in [6, 6.07) is 3.74. The number of nitrogens with one attached hydrogen (secondary N) is 1. The lowest BCUT2D eigenvalue weighted by atomic mass is 10.3. The second-order valence-electron chi connectivity index (χ2n) is 4.94. The molecule has 0 unspecified atom stereocenters. The van der Waals surface area contributed by atoms with E-state index >= 15 is 0 Å². The van der Waals surface area contributed by atoms with E-state index < -0.39 is 0 Å². The third-order valence-corrected chi connectivity index (χ3v) is 3.43. The molecule has 4 aromatic heterocycles. The lowest BCUT2D eigenvalue weighted by molar-refractivity contribution is 0.785. The lowest BCUT2D eigenvalue weighted by Crippen LogP contribution is -2.03.